The van der Waals surface area contributed by atoms with Crippen molar-refractivity contribution in [1.82, 2.24) is 0 Å². The Morgan fingerprint density at radius 3 is 2.73 bits per heavy atom. The number of hydrogen-bond donors (Lipinski definition) is 0. The Morgan fingerprint density at radius 2 is 2.27 bits per heavy atom. The number of rotatable bonds is 3. The van der Waals surface area contributed by atoms with Crippen molar-refractivity contribution in [3.8, 4) is 0 Å². The maximum Gasteiger partial charge on any atom is 0.508 e. The van der Waals surface area contributed by atoms with Gasteiger partial charge in [-0.3, -0.25) is 0 Å². The highest BCUT2D eigenvalue weighted by molar-refractivity contribution is 5.59. The Kier molecular flexibility index (Phi) is 2.52. The second-order valence-electron chi connectivity index (χ2n) is 2.51. The van der Waals surface area contributed by atoms with Crippen LogP contribution in [0.2, 0.25) is 0 Å². The molecule has 11 heavy (non-hydrogen) atoms. The number of hydrogen-bond acceptors (Lipinski definition) is 3. The third-order valence-electron chi connectivity index (χ3n) is 1.58. The van der Waals surface area contributed by atoms with Crippen LogP contribution in [-0.4, -0.2) is 19.4 Å². The quantitative estimate of drug-likeness (QED) is 0.461. The molecule has 0 saturated heterocycles. The lowest BCUT2D eigenvalue weighted by Crippen LogP contribution is -2.09. The van der Waals surface area contributed by atoms with Crippen LogP contribution in [0.5, 0.6) is 0 Å². The van der Waals surface area contributed by atoms with Crippen molar-refractivity contribution >= 4 is 6.16 Å². The van der Waals surface area contributed by atoms with Gasteiger partial charge in [0.15, 0.2) is 0 Å². The van der Waals surface area contributed by atoms with Gasteiger partial charge in [0.05, 0.1) is 6.61 Å². The molecule has 1 unspecified atom stereocenters. The molecule has 0 spiro atoms. The van der Waals surface area contributed by atoms with E-state index in [4.69, 9.17) is 4.74 Å². The Balaban J connectivity index is 1.99. The van der Waals surface area contributed by atoms with Gasteiger partial charge in [-0.2, -0.15) is 0 Å². The van der Waals surface area contributed by atoms with Crippen LogP contribution in [0.3, 0.4) is 0 Å². The summed E-state index contributed by atoms with van der Waals surface area (Å²) in [7, 11) is 0. The van der Waals surface area contributed by atoms with Crippen LogP contribution in [0.25, 0.3) is 0 Å². The minimum atomic E-state index is -0.569. The molecule has 0 fully saturated rings. The van der Waals surface area contributed by atoms with E-state index in [1.807, 2.05) is 6.92 Å². The van der Waals surface area contributed by atoms with Gasteiger partial charge in [-0.05, 0) is 13.8 Å². The first-order chi connectivity index (χ1) is 5.24. The molecule has 0 amide bonds. The van der Waals surface area contributed by atoms with E-state index in [1.54, 1.807) is 6.92 Å². The van der Waals surface area contributed by atoms with E-state index < -0.39 is 6.16 Å². The summed E-state index contributed by atoms with van der Waals surface area (Å²) in [4.78, 5) is 10.6. The summed E-state index contributed by atoms with van der Waals surface area (Å²) >= 11 is 0. The zero-order chi connectivity index (χ0) is 8.27. The topological polar surface area (TPSA) is 35.5 Å². The highest BCUT2D eigenvalue weighted by atomic mass is 16.7. The van der Waals surface area contributed by atoms with Gasteiger partial charge in [-0.15, -0.1) is 0 Å². The van der Waals surface area contributed by atoms with Crippen molar-refractivity contribution < 1.29 is 14.3 Å². The van der Waals surface area contributed by atoms with Crippen molar-refractivity contribution in [3.63, 3.8) is 0 Å². The number of carbonyl (C=O) groups excluding carboxylic acids is 1. The van der Waals surface area contributed by atoms with E-state index in [0.29, 0.717) is 19.1 Å². The molecule has 1 atom stereocenters. The Hall–Kier alpha value is -0.990. The maximum absolute atomic E-state index is 10.6. The Bertz CT molecular complexity index is 184. The van der Waals surface area contributed by atoms with E-state index in [9.17, 15) is 4.79 Å². The average molecular weight is 156 g/mol. The van der Waals surface area contributed by atoms with Crippen LogP contribution in [0.1, 0.15) is 13.8 Å². The van der Waals surface area contributed by atoms with Gasteiger partial charge in [-0.1, -0.05) is 11.6 Å². The van der Waals surface area contributed by atoms with Crippen LogP contribution in [0, 0.1) is 5.92 Å². The molecular formula is C8H12O3. The summed E-state index contributed by atoms with van der Waals surface area (Å²) in [5, 5.41) is 0. The standard InChI is InChI=1S/C8H12O3/c1-3-10-8(9)11-5-7-4-6(7)2/h4,7H,3,5H2,1-2H3. The molecule has 1 aliphatic carbocycles. The molecular weight excluding hydrogens is 144 g/mol. The summed E-state index contributed by atoms with van der Waals surface area (Å²) in [5.74, 6) is 0.374. The summed E-state index contributed by atoms with van der Waals surface area (Å²) in [6.45, 7) is 4.57. The van der Waals surface area contributed by atoms with Crippen LogP contribution in [0.4, 0.5) is 4.79 Å². The van der Waals surface area contributed by atoms with Gasteiger partial charge in [-0.25, -0.2) is 4.79 Å². The monoisotopic (exact) mass is 156 g/mol. The fourth-order valence-electron chi connectivity index (χ4n) is 0.766. The van der Waals surface area contributed by atoms with Gasteiger partial charge >= 0.3 is 6.16 Å². The van der Waals surface area contributed by atoms with Crippen LogP contribution in [-0.2, 0) is 9.47 Å². The van der Waals surface area contributed by atoms with Gasteiger partial charge in [0.2, 0.25) is 0 Å². The molecule has 0 N–H and O–H groups in total. The summed E-state index contributed by atoms with van der Waals surface area (Å²) < 4.78 is 9.33. The van der Waals surface area contributed by atoms with Crippen LogP contribution < -0.4 is 0 Å². The summed E-state index contributed by atoms with van der Waals surface area (Å²) in [6, 6.07) is 0. The predicted molar refractivity (Wildman–Crippen MR) is 40.2 cm³/mol. The third kappa shape index (κ3) is 2.62. The minimum absolute atomic E-state index is 0.371. The molecule has 3 heteroatoms. The first-order valence-corrected chi connectivity index (χ1v) is 3.72. The molecule has 1 aliphatic rings. The molecule has 3 nitrogen and oxygen atoms in total. The lowest BCUT2D eigenvalue weighted by molar-refractivity contribution is 0.0570. The molecule has 0 heterocycles. The van der Waals surface area contributed by atoms with Crippen LogP contribution >= 0.6 is 0 Å². The van der Waals surface area contributed by atoms with Crippen molar-refractivity contribution in [3.05, 3.63) is 11.6 Å². The van der Waals surface area contributed by atoms with Crippen LogP contribution in [0.15, 0.2) is 11.6 Å². The van der Waals surface area contributed by atoms with E-state index in [-0.39, 0.29) is 0 Å². The lowest BCUT2D eigenvalue weighted by atomic mass is 10.3. The third-order valence-corrected chi connectivity index (χ3v) is 1.58. The van der Waals surface area contributed by atoms with Gasteiger partial charge in [0, 0.05) is 5.92 Å². The van der Waals surface area contributed by atoms with Gasteiger partial charge < -0.3 is 9.47 Å². The van der Waals surface area contributed by atoms with Gasteiger partial charge in [0.25, 0.3) is 0 Å². The second-order valence-corrected chi connectivity index (χ2v) is 2.51. The molecule has 0 aromatic rings. The largest absolute Gasteiger partial charge is 0.508 e. The van der Waals surface area contributed by atoms with Crippen molar-refractivity contribution in [2.45, 2.75) is 13.8 Å². The molecule has 0 aliphatic heterocycles. The molecule has 0 aromatic heterocycles. The Labute approximate surface area is 66.0 Å². The first-order valence-electron chi connectivity index (χ1n) is 3.72. The smallest absolute Gasteiger partial charge is 0.435 e. The predicted octanol–water partition coefficient (Wildman–Crippen LogP) is 1.74. The van der Waals surface area contributed by atoms with E-state index in [2.05, 4.69) is 10.8 Å². The molecule has 0 aromatic carbocycles. The summed E-state index contributed by atoms with van der Waals surface area (Å²) in [5.41, 5.74) is 1.29. The van der Waals surface area contributed by atoms with Crippen molar-refractivity contribution in [2.24, 2.45) is 5.92 Å². The SMILES string of the molecule is CCOC(=O)OCC1C=C1C. The molecule has 62 valence electrons. The van der Waals surface area contributed by atoms with Crippen molar-refractivity contribution in [1.29, 1.82) is 0 Å². The normalized spacial score (nSPS) is 20.5. The summed E-state index contributed by atoms with van der Waals surface area (Å²) in [6.07, 6.45) is 1.49. The fraction of sp³-hybridized carbons (Fsp3) is 0.625. The first kappa shape index (κ1) is 8.11. The zero-order valence-corrected chi connectivity index (χ0v) is 6.79. The van der Waals surface area contributed by atoms with Crippen molar-refractivity contribution in [2.75, 3.05) is 13.2 Å². The second kappa shape index (κ2) is 3.42. The lowest BCUT2D eigenvalue weighted by Gasteiger charge is -2.02. The maximum atomic E-state index is 10.6. The number of ether oxygens (including phenoxy) is 2. The fourth-order valence-corrected chi connectivity index (χ4v) is 0.766. The van der Waals surface area contributed by atoms with E-state index in [0.717, 1.165) is 0 Å². The minimum Gasteiger partial charge on any atom is -0.435 e. The zero-order valence-electron chi connectivity index (χ0n) is 6.79. The molecule has 0 radical (unpaired) electrons. The number of carbonyl (C=O) groups is 1. The molecule has 0 bridgehead atoms. The molecule has 0 saturated carbocycles. The molecule has 1 rings (SSSR count). The Morgan fingerprint density at radius 1 is 1.64 bits per heavy atom. The van der Waals surface area contributed by atoms with E-state index in [1.165, 1.54) is 5.57 Å². The highest BCUT2D eigenvalue weighted by Crippen LogP contribution is 2.27. The van der Waals surface area contributed by atoms with E-state index >= 15 is 0 Å². The highest BCUT2D eigenvalue weighted by Gasteiger charge is 2.21. The average Bonchev–Trinajstić information content (AvgIpc) is 2.63. The van der Waals surface area contributed by atoms with Gasteiger partial charge in [0.1, 0.15) is 6.61 Å².